The monoisotopic (exact) mass is 512 g/mol. The van der Waals surface area contributed by atoms with Gasteiger partial charge in [0.2, 0.25) is 0 Å². The second-order valence-electron chi connectivity index (χ2n) is 6.66. The molecule has 18 heteroatoms. The fourth-order valence-electron chi connectivity index (χ4n) is 2.66. The largest absolute Gasteiger partial charge is 0.382 e. The summed E-state index contributed by atoms with van der Waals surface area (Å²) < 4.78 is 0. The zero-order valence-electron chi connectivity index (χ0n) is 17.5. The number of rotatable bonds is 7. The molecule has 0 radical (unpaired) electrons. The number of hydrogen-bond acceptors (Lipinski definition) is 12. The van der Waals surface area contributed by atoms with Gasteiger partial charge in [0.25, 0.3) is 11.8 Å². The van der Waals surface area contributed by atoms with E-state index in [2.05, 4.69) is 19.9 Å². The summed E-state index contributed by atoms with van der Waals surface area (Å²) in [5.74, 6) is -3.70. The van der Waals surface area contributed by atoms with Crippen LogP contribution in [0.4, 0.5) is 23.3 Å². The summed E-state index contributed by atoms with van der Waals surface area (Å²) in [4.78, 5) is 42.3. The maximum Gasteiger partial charge on any atom is 0.283 e. The molecular formula is C16H22Cl2N14O2. The Hall–Kier alpha value is -4.18. The van der Waals surface area contributed by atoms with Crippen LogP contribution in [0.5, 0.6) is 0 Å². The van der Waals surface area contributed by atoms with Gasteiger partial charge < -0.3 is 34.4 Å². The molecule has 14 N–H and O–H groups in total. The Balaban J connectivity index is 2.09. The third-order valence-electron chi connectivity index (χ3n) is 4.30. The zero-order valence-corrected chi connectivity index (χ0v) is 19.1. The molecule has 0 saturated heterocycles. The summed E-state index contributed by atoms with van der Waals surface area (Å²) in [7, 11) is 0. The second kappa shape index (κ2) is 10.6. The topological polar surface area (TPSA) is 296 Å². The molecule has 0 aliphatic rings. The minimum atomic E-state index is -0.821. The molecule has 0 unspecified atom stereocenters. The summed E-state index contributed by atoms with van der Waals surface area (Å²) in [6.07, 6.45) is 0.449. The minimum absolute atomic E-state index is 0.0626. The number of amides is 2. The fraction of sp³-hybridized carbons (Fsp3) is 0.250. The summed E-state index contributed by atoms with van der Waals surface area (Å²) >= 11 is 11.6. The van der Waals surface area contributed by atoms with Gasteiger partial charge in [-0.25, -0.2) is 19.9 Å². The number of carbonyl (C=O) groups is 2. The summed E-state index contributed by atoms with van der Waals surface area (Å²) in [5.41, 5.74) is 32.8. The predicted octanol–water partition coefficient (Wildman–Crippen LogP) is -0.946. The molecule has 0 saturated carbocycles. The Kier molecular flexibility index (Phi) is 8.15. The first kappa shape index (κ1) is 26.1. The van der Waals surface area contributed by atoms with Gasteiger partial charge in [-0.15, -0.1) is 0 Å². The Morgan fingerprint density at radius 1 is 0.676 bits per heavy atom. The number of halogens is 2. The van der Waals surface area contributed by atoms with E-state index in [9.17, 15) is 9.59 Å². The number of nitrogens with two attached hydrogens (primary N) is 6. The summed E-state index contributed by atoms with van der Waals surface area (Å²) in [5, 5.41) is 14.9. The van der Waals surface area contributed by atoms with Crippen molar-refractivity contribution in [2.24, 2.45) is 11.5 Å². The highest BCUT2D eigenvalue weighted by molar-refractivity contribution is 6.32. The van der Waals surface area contributed by atoms with Crippen molar-refractivity contribution in [3.8, 4) is 0 Å². The lowest BCUT2D eigenvalue weighted by Gasteiger charge is -2.23. The fourth-order valence-corrected chi connectivity index (χ4v) is 2.91. The standard InChI is InChI=1S/C16H22Cl2N14O2/c17-7-11(21)29-9(19)5(27-7)13(33)31(15(23)24)3-1-2-4-32(16(25)26)14(34)6-10(20)30-12(22)8(18)28-6/h1-4H2,(H3,23,24)(H3,25,26)(H4,19,21,29)(H4,20,22,30). The average Bonchev–Trinajstić information content (AvgIpc) is 2.74. The van der Waals surface area contributed by atoms with Gasteiger partial charge in [-0.05, 0) is 12.8 Å². The molecule has 0 bridgehead atoms. The van der Waals surface area contributed by atoms with Crippen LogP contribution in [0.25, 0.3) is 0 Å². The van der Waals surface area contributed by atoms with Crippen LogP contribution >= 0.6 is 23.2 Å². The Morgan fingerprint density at radius 3 is 1.29 bits per heavy atom. The molecule has 0 aliphatic carbocycles. The van der Waals surface area contributed by atoms with Crippen LogP contribution in [0, 0.1) is 10.8 Å². The predicted molar refractivity (Wildman–Crippen MR) is 127 cm³/mol. The number of guanidine groups is 2. The maximum absolute atomic E-state index is 12.7. The molecule has 0 aromatic carbocycles. The van der Waals surface area contributed by atoms with Gasteiger partial charge in [-0.3, -0.25) is 30.2 Å². The van der Waals surface area contributed by atoms with Crippen LogP contribution in [0.3, 0.4) is 0 Å². The van der Waals surface area contributed by atoms with E-state index in [1.165, 1.54) is 0 Å². The third-order valence-corrected chi connectivity index (χ3v) is 4.86. The number of nitrogens with zero attached hydrogens (tertiary/aromatic N) is 6. The van der Waals surface area contributed by atoms with Gasteiger partial charge in [-0.2, -0.15) is 0 Å². The average molecular weight is 513 g/mol. The second-order valence-corrected chi connectivity index (χ2v) is 7.37. The quantitative estimate of drug-likeness (QED) is 0.126. The van der Waals surface area contributed by atoms with Gasteiger partial charge in [0.15, 0.2) is 56.9 Å². The molecule has 2 heterocycles. The minimum Gasteiger partial charge on any atom is -0.382 e. The Morgan fingerprint density at radius 2 is 1.00 bits per heavy atom. The highest BCUT2D eigenvalue weighted by Gasteiger charge is 2.26. The number of carbonyl (C=O) groups excluding carboxylic acids is 2. The molecule has 2 amide bonds. The van der Waals surface area contributed by atoms with Gasteiger partial charge in [-0.1, -0.05) is 23.2 Å². The number of aromatic nitrogens is 4. The van der Waals surface area contributed by atoms with Crippen LogP contribution in [-0.4, -0.2) is 66.6 Å². The number of hydrogen-bond donors (Lipinski definition) is 8. The first-order chi connectivity index (χ1) is 15.8. The molecule has 0 fully saturated rings. The lowest BCUT2D eigenvalue weighted by atomic mass is 10.2. The Labute approximate surface area is 202 Å². The van der Waals surface area contributed by atoms with Crippen molar-refractivity contribution in [2.75, 3.05) is 36.0 Å². The highest BCUT2D eigenvalue weighted by atomic mass is 35.5. The van der Waals surface area contributed by atoms with Crippen molar-refractivity contribution >= 4 is 70.2 Å². The van der Waals surface area contributed by atoms with Crippen molar-refractivity contribution in [1.82, 2.24) is 29.7 Å². The molecule has 0 aliphatic heterocycles. The zero-order chi connectivity index (χ0) is 25.7. The maximum atomic E-state index is 12.7. The van der Waals surface area contributed by atoms with Crippen molar-refractivity contribution < 1.29 is 9.59 Å². The van der Waals surface area contributed by atoms with E-state index in [1.54, 1.807) is 0 Å². The number of nitrogen functional groups attached to an aromatic ring is 4. The van der Waals surface area contributed by atoms with Gasteiger partial charge in [0, 0.05) is 13.1 Å². The lowest BCUT2D eigenvalue weighted by Crippen LogP contribution is -2.44. The molecule has 182 valence electrons. The lowest BCUT2D eigenvalue weighted by molar-refractivity contribution is 0.0816. The smallest absolute Gasteiger partial charge is 0.283 e. The van der Waals surface area contributed by atoms with Crippen LogP contribution in [0.15, 0.2) is 0 Å². The van der Waals surface area contributed by atoms with Crippen LogP contribution in [-0.2, 0) is 0 Å². The van der Waals surface area contributed by atoms with E-state index in [1.807, 2.05) is 0 Å². The normalized spacial score (nSPS) is 10.5. The van der Waals surface area contributed by atoms with Crippen molar-refractivity contribution in [2.45, 2.75) is 12.8 Å². The van der Waals surface area contributed by atoms with E-state index >= 15 is 0 Å². The first-order valence-electron chi connectivity index (χ1n) is 9.33. The molecule has 0 atom stereocenters. The number of nitrogens with one attached hydrogen (secondary N) is 2. The van der Waals surface area contributed by atoms with Crippen LogP contribution < -0.4 is 34.4 Å². The molecule has 2 aromatic heterocycles. The molecule has 34 heavy (non-hydrogen) atoms. The van der Waals surface area contributed by atoms with Crippen LogP contribution in [0.2, 0.25) is 10.3 Å². The van der Waals surface area contributed by atoms with Crippen LogP contribution in [0.1, 0.15) is 33.8 Å². The molecular weight excluding hydrogens is 491 g/mol. The van der Waals surface area contributed by atoms with Crippen molar-refractivity contribution in [3.05, 3.63) is 21.7 Å². The molecule has 0 spiro atoms. The van der Waals surface area contributed by atoms with E-state index in [4.69, 9.17) is 68.4 Å². The van der Waals surface area contributed by atoms with E-state index in [-0.39, 0.29) is 70.9 Å². The van der Waals surface area contributed by atoms with Gasteiger partial charge >= 0.3 is 0 Å². The molecule has 16 nitrogen and oxygen atoms in total. The van der Waals surface area contributed by atoms with Crippen molar-refractivity contribution in [3.63, 3.8) is 0 Å². The van der Waals surface area contributed by atoms with E-state index in [0.29, 0.717) is 0 Å². The highest BCUT2D eigenvalue weighted by Crippen LogP contribution is 2.20. The molecule has 2 aromatic rings. The van der Waals surface area contributed by atoms with Crippen molar-refractivity contribution in [1.29, 1.82) is 10.8 Å². The van der Waals surface area contributed by atoms with E-state index < -0.39 is 23.7 Å². The summed E-state index contributed by atoms with van der Waals surface area (Å²) in [6.45, 7) is -0.125. The van der Waals surface area contributed by atoms with Gasteiger partial charge in [0.1, 0.15) is 0 Å². The van der Waals surface area contributed by atoms with Gasteiger partial charge in [0.05, 0.1) is 0 Å². The SMILES string of the molecule is N=C(N)N(CCCCN(C(=N)N)C(=O)c1nc(Cl)c(N)nc1N)C(=O)c1nc(Cl)c(N)nc1N. The Bertz CT molecular complexity index is 1070. The third kappa shape index (κ3) is 5.78. The number of anilines is 4. The first-order valence-corrected chi connectivity index (χ1v) is 10.1. The molecule has 2 rings (SSSR count). The summed E-state index contributed by atoms with van der Waals surface area (Å²) in [6, 6.07) is 0. The van der Waals surface area contributed by atoms with E-state index in [0.717, 1.165) is 9.80 Å². The number of unbranched alkanes of at least 4 members (excludes halogenated alkanes) is 1.